The van der Waals surface area contributed by atoms with Gasteiger partial charge in [0.15, 0.2) is 0 Å². The molecule has 2 rings (SSSR count). The molecule has 0 unspecified atom stereocenters. The number of benzene rings is 1. The van der Waals surface area contributed by atoms with Gasteiger partial charge in [0.05, 0.1) is 0 Å². The summed E-state index contributed by atoms with van der Waals surface area (Å²) in [6, 6.07) is 1.50. The monoisotopic (exact) mass is 300 g/mol. The van der Waals surface area contributed by atoms with Gasteiger partial charge in [-0.25, -0.2) is 4.79 Å². The van der Waals surface area contributed by atoms with Gasteiger partial charge in [-0.2, -0.15) is 0 Å². The van der Waals surface area contributed by atoms with E-state index in [9.17, 15) is 15.0 Å². The first-order chi connectivity index (χ1) is 8.04. The zero-order chi connectivity index (χ0) is 12.6. The Kier molecular flexibility index (Phi) is 3.28. The predicted molar refractivity (Wildman–Crippen MR) is 65.3 cm³/mol. The highest BCUT2D eigenvalue weighted by Gasteiger charge is 2.30. The molecule has 1 aliphatic heterocycles. The molecule has 0 amide bonds. The summed E-state index contributed by atoms with van der Waals surface area (Å²) in [6.45, 7) is 2.01. The number of hydrogen-bond donors (Lipinski definition) is 2. The summed E-state index contributed by atoms with van der Waals surface area (Å²) in [6.07, 6.45) is 2.06. The highest BCUT2D eigenvalue weighted by atomic mass is 79.9. The van der Waals surface area contributed by atoms with E-state index < -0.39 is 5.97 Å². The number of ether oxygens (including phenoxy) is 1. The van der Waals surface area contributed by atoms with Crippen molar-refractivity contribution in [1.82, 2.24) is 0 Å². The van der Waals surface area contributed by atoms with E-state index >= 15 is 0 Å². The van der Waals surface area contributed by atoms with Crippen LogP contribution in [0.2, 0.25) is 0 Å². The third kappa shape index (κ3) is 2.11. The van der Waals surface area contributed by atoms with E-state index in [2.05, 4.69) is 15.9 Å². The van der Waals surface area contributed by atoms with Gasteiger partial charge in [0, 0.05) is 6.42 Å². The molecule has 92 valence electrons. The van der Waals surface area contributed by atoms with Gasteiger partial charge in [-0.1, -0.05) is 13.3 Å². The number of carbonyl (C=O) groups excluding carboxylic acids is 1. The van der Waals surface area contributed by atoms with Crippen LogP contribution in [0.15, 0.2) is 10.5 Å². The van der Waals surface area contributed by atoms with Gasteiger partial charge < -0.3 is 14.9 Å². The molecule has 0 radical (unpaired) electrons. The van der Waals surface area contributed by atoms with Crippen molar-refractivity contribution in [1.29, 1.82) is 0 Å². The minimum atomic E-state index is -0.525. The molecule has 0 aromatic heterocycles. The highest BCUT2D eigenvalue weighted by Crippen LogP contribution is 2.40. The first-order valence-corrected chi connectivity index (χ1v) is 6.28. The fraction of sp³-hybridized carbons (Fsp3) is 0.417. The second kappa shape index (κ2) is 4.56. The van der Waals surface area contributed by atoms with Gasteiger partial charge in [-0.15, -0.1) is 0 Å². The van der Waals surface area contributed by atoms with Crippen LogP contribution in [0.5, 0.6) is 11.5 Å². The van der Waals surface area contributed by atoms with E-state index in [0.717, 1.165) is 12.8 Å². The van der Waals surface area contributed by atoms with Crippen LogP contribution < -0.4 is 0 Å². The molecule has 0 fully saturated rings. The lowest BCUT2D eigenvalue weighted by Crippen LogP contribution is -2.27. The largest absolute Gasteiger partial charge is 0.507 e. The molecule has 1 heterocycles. The summed E-state index contributed by atoms with van der Waals surface area (Å²) in [5.74, 6) is -0.839. The van der Waals surface area contributed by atoms with Crippen LogP contribution in [0.4, 0.5) is 0 Å². The van der Waals surface area contributed by atoms with E-state index in [1.165, 1.54) is 6.07 Å². The van der Waals surface area contributed by atoms with Gasteiger partial charge in [-0.3, -0.25) is 0 Å². The first kappa shape index (κ1) is 12.2. The number of hydrogen-bond acceptors (Lipinski definition) is 4. The first-order valence-electron chi connectivity index (χ1n) is 5.48. The van der Waals surface area contributed by atoms with Gasteiger partial charge >= 0.3 is 5.97 Å². The second-order valence-corrected chi connectivity index (χ2v) is 4.91. The van der Waals surface area contributed by atoms with Gasteiger partial charge in [-0.05, 0) is 34.0 Å². The Morgan fingerprint density at radius 2 is 2.24 bits per heavy atom. The number of esters is 1. The molecule has 2 N–H and O–H groups in total. The third-order valence-electron chi connectivity index (χ3n) is 2.84. The van der Waals surface area contributed by atoms with E-state index in [1.54, 1.807) is 0 Å². The summed E-state index contributed by atoms with van der Waals surface area (Å²) in [5.41, 5.74) is 0.792. The molecule has 0 saturated heterocycles. The van der Waals surface area contributed by atoms with Gasteiger partial charge in [0.1, 0.15) is 27.6 Å². The van der Waals surface area contributed by atoms with Crippen molar-refractivity contribution in [3.63, 3.8) is 0 Å². The molecule has 0 saturated carbocycles. The number of phenolic OH excluding ortho intramolecular Hbond substituents is 2. The zero-order valence-corrected chi connectivity index (χ0v) is 11.0. The zero-order valence-electron chi connectivity index (χ0n) is 9.36. The number of fused-ring (bicyclic) bond motifs is 1. The quantitative estimate of drug-likeness (QED) is 0.824. The molecular weight excluding hydrogens is 288 g/mol. The normalized spacial score (nSPS) is 18.7. The maximum atomic E-state index is 11.8. The number of aromatic hydroxyl groups is 2. The summed E-state index contributed by atoms with van der Waals surface area (Å²) < 4.78 is 5.35. The topological polar surface area (TPSA) is 66.8 Å². The number of cyclic esters (lactones) is 1. The van der Waals surface area contributed by atoms with Crippen molar-refractivity contribution in [2.75, 3.05) is 0 Å². The van der Waals surface area contributed by atoms with Crippen LogP contribution in [-0.4, -0.2) is 22.3 Å². The standard InChI is InChI=1S/C12H13BrO4/c1-2-3-7-4-6-5-8(14)10(13)11(15)9(6)12(16)17-7/h5,7,14-15H,2-4H2,1H3/t7-/m1/s1. The number of halogens is 1. The fourth-order valence-electron chi connectivity index (χ4n) is 2.05. The van der Waals surface area contributed by atoms with Crippen molar-refractivity contribution in [3.8, 4) is 11.5 Å². The van der Waals surface area contributed by atoms with Crippen LogP contribution in [0.3, 0.4) is 0 Å². The Morgan fingerprint density at radius 3 is 2.88 bits per heavy atom. The molecule has 1 aromatic carbocycles. The summed E-state index contributed by atoms with van der Waals surface area (Å²) in [7, 11) is 0. The Hall–Kier alpha value is -1.23. The molecule has 1 atom stereocenters. The molecule has 4 nitrogen and oxygen atoms in total. The van der Waals surface area contributed by atoms with Gasteiger partial charge in [0.2, 0.25) is 0 Å². The molecule has 1 aliphatic rings. The average Bonchev–Trinajstić information content (AvgIpc) is 2.25. The molecule has 0 aliphatic carbocycles. The molecule has 0 spiro atoms. The molecule has 1 aromatic rings. The molecular formula is C12H13BrO4. The minimum absolute atomic E-state index is 0.0637. The van der Waals surface area contributed by atoms with Crippen molar-refractivity contribution in [2.24, 2.45) is 0 Å². The van der Waals surface area contributed by atoms with Gasteiger partial charge in [0.25, 0.3) is 0 Å². The predicted octanol–water partition coefficient (Wildman–Crippen LogP) is 2.74. The SMILES string of the molecule is CCC[C@@H]1Cc2cc(O)c(Br)c(O)c2C(=O)O1. The van der Waals surface area contributed by atoms with Crippen molar-refractivity contribution in [3.05, 3.63) is 21.7 Å². The Labute approximate surface area is 107 Å². The highest BCUT2D eigenvalue weighted by molar-refractivity contribution is 9.10. The van der Waals surface area contributed by atoms with Crippen LogP contribution >= 0.6 is 15.9 Å². The Bertz CT molecular complexity index is 470. The summed E-state index contributed by atoms with van der Waals surface area (Å²) >= 11 is 3.02. The van der Waals surface area contributed by atoms with Crippen LogP contribution in [0.25, 0.3) is 0 Å². The lowest BCUT2D eigenvalue weighted by Gasteiger charge is -2.25. The van der Waals surface area contributed by atoms with Crippen molar-refractivity contribution >= 4 is 21.9 Å². The van der Waals surface area contributed by atoms with E-state index in [0.29, 0.717) is 12.0 Å². The lowest BCUT2D eigenvalue weighted by atomic mass is 9.95. The molecule has 0 bridgehead atoms. The lowest BCUT2D eigenvalue weighted by molar-refractivity contribution is 0.0232. The van der Waals surface area contributed by atoms with Crippen molar-refractivity contribution in [2.45, 2.75) is 32.3 Å². The minimum Gasteiger partial charge on any atom is -0.507 e. The maximum Gasteiger partial charge on any atom is 0.342 e. The van der Waals surface area contributed by atoms with E-state index in [1.807, 2.05) is 6.92 Å². The molecule has 5 heteroatoms. The Morgan fingerprint density at radius 1 is 1.53 bits per heavy atom. The van der Waals surface area contributed by atoms with E-state index in [-0.39, 0.29) is 27.6 Å². The van der Waals surface area contributed by atoms with Crippen LogP contribution in [-0.2, 0) is 11.2 Å². The van der Waals surface area contributed by atoms with Crippen molar-refractivity contribution < 1.29 is 19.7 Å². The Balaban J connectivity index is 2.45. The third-order valence-corrected chi connectivity index (χ3v) is 3.62. The average molecular weight is 301 g/mol. The van der Waals surface area contributed by atoms with Crippen LogP contribution in [0.1, 0.15) is 35.7 Å². The second-order valence-electron chi connectivity index (χ2n) is 4.11. The molecule has 17 heavy (non-hydrogen) atoms. The van der Waals surface area contributed by atoms with Crippen LogP contribution in [0, 0.1) is 0 Å². The fourth-order valence-corrected chi connectivity index (χ4v) is 2.37. The van der Waals surface area contributed by atoms with E-state index in [4.69, 9.17) is 4.74 Å². The summed E-state index contributed by atoms with van der Waals surface area (Å²) in [5, 5.41) is 19.4. The summed E-state index contributed by atoms with van der Waals surface area (Å²) in [4.78, 5) is 11.8. The number of phenols is 2. The number of rotatable bonds is 2. The smallest absolute Gasteiger partial charge is 0.342 e. The maximum absolute atomic E-state index is 11.8. The number of carbonyl (C=O) groups is 1.